The summed E-state index contributed by atoms with van der Waals surface area (Å²) in [6.45, 7) is 5.24. The summed E-state index contributed by atoms with van der Waals surface area (Å²) in [6, 6.07) is 4.01. The molecule has 1 aliphatic rings. The summed E-state index contributed by atoms with van der Waals surface area (Å²) in [4.78, 5) is 1.79. The topological polar surface area (TPSA) is 41.0 Å². The first-order valence-electron chi connectivity index (χ1n) is 6.93. The zero-order valence-corrected chi connectivity index (χ0v) is 12.1. The minimum atomic E-state index is -4.22. The molecule has 1 N–H and O–H groups in total. The van der Waals surface area contributed by atoms with E-state index in [0.29, 0.717) is 24.9 Å². The highest BCUT2D eigenvalue weighted by Crippen LogP contribution is 2.30. The van der Waals surface area contributed by atoms with Crippen LogP contribution in [-0.4, -0.2) is 35.5 Å². The molecule has 0 spiro atoms. The number of halogens is 3. The normalized spacial score (nSPS) is 16.3. The Morgan fingerprint density at radius 2 is 2.05 bits per heavy atom. The summed E-state index contributed by atoms with van der Waals surface area (Å²) in [5.74, 6) is 0.612. The SMILES string of the molecule is CC(C)NCc1ccc(N2CC=C(C(F)(F)F)CC2)nn1. The number of aromatic nitrogens is 2. The Morgan fingerprint density at radius 3 is 2.52 bits per heavy atom. The molecule has 0 fully saturated rings. The molecule has 0 aromatic carbocycles. The van der Waals surface area contributed by atoms with Crippen LogP contribution in [0.25, 0.3) is 0 Å². The highest BCUT2D eigenvalue weighted by Gasteiger charge is 2.34. The van der Waals surface area contributed by atoms with Crippen LogP contribution in [-0.2, 0) is 6.54 Å². The van der Waals surface area contributed by atoms with E-state index in [1.54, 1.807) is 11.0 Å². The van der Waals surface area contributed by atoms with Crippen molar-refractivity contribution in [3.05, 3.63) is 29.5 Å². The van der Waals surface area contributed by atoms with Gasteiger partial charge in [0.1, 0.15) is 0 Å². The predicted molar refractivity (Wildman–Crippen MR) is 75.0 cm³/mol. The molecule has 1 aliphatic heterocycles. The van der Waals surface area contributed by atoms with E-state index in [1.165, 1.54) is 6.08 Å². The summed E-state index contributed by atoms with van der Waals surface area (Å²) in [5, 5.41) is 11.4. The number of hydrogen-bond acceptors (Lipinski definition) is 4. The number of nitrogens with one attached hydrogen (secondary N) is 1. The second-order valence-corrected chi connectivity index (χ2v) is 5.34. The van der Waals surface area contributed by atoms with Gasteiger partial charge in [0, 0.05) is 31.2 Å². The molecule has 2 rings (SSSR count). The summed E-state index contributed by atoms with van der Waals surface area (Å²) in [6.07, 6.45) is -3.01. The van der Waals surface area contributed by atoms with Crippen LogP contribution in [0, 0.1) is 0 Å². The number of alkyl halides is 3. The first-order valence-corrected chi connectivity index (χ1v) is 6.93. The van der Waals surface area contributed by atoms with E-state index in [9.17, 15) is 13.2 Å². The first kappa shape index (κ1) is 15.8. The molecule has 0 bridgehead atoms. The maximum absolute atomic E-state index is 12.6. The van der Waals surface area contributed by atoms with Crippen molar-refractivity contribution in [1.29, 1.82) is 0 Å². The Kier molecular flexibility index (Phi) is 4.82. The van der Waals surface area contributed by atoms with Gasteiger partial charge >= 0.3 is 6.18 Å². The summed E-state index contributed by atoms with van der Waals surface area (Å²) in [7, 11) is 0. The first-order chi connectivity index (χ1) is 9.86. The standard InChI is InChI=1S/C14H19F3N4/c1-10(2)18-9-12-3-4-13(20-19-12)21-7-5-11(6-8-21)14(15,16)17/h3-5,10,18H,6-9H2,1-2H3. The van der Waals surface area contributed by atoms with Crippen molar-refractivity contribution >= 4 is 5.82 Å². The molecule has 0 unspecified atom stereocenters. The van der Waals surface area contributed by atoms with E-state index >= 15 is 0 Å². The Bertz CT molecular complexity index is 494. The summed E-state index contributed by atoms with van der Waals surface area (Å²) < 4.78 is 37.7. The van der Waals surface area contributed by atoms with E-state index in [1.807, 2.05) is 19.9 Å². The van der Waals surface area contributed by atoms with Gasteiger partial charge in [-0.3, -0.25) is 0 Å². The third-order valence-electron chi connectivity index (χ3n) is 3.29. The fraction of sp³-hybridized carbons (Fsp3) is 0.571. The Hall–Kier alpha value is -1.63. The number of anilines is 1. The number of rotatable bonds is 4. The van der Waals surface area contributed by atoms with Gasteiger partial charge in [-0.25, -0.2) is 0 Å². The lowest BCUT2D eigenvalue weighted by atomic mass is 10.1. The Labute approximate surface area is 122 Å². The highest BCUT2D eigenvalue weighted by atomic mass is 19.4. The molecule has 1 aromatic rings. The lowest BCUT2D eigenvalue weighted by Crippen LogP contribution is -2.32. The van der Waals surface area contributed by atoms with Gasteiger partial charge in [0.2, 0.25) is 0 Å². The number of nitrogens with zero attached hydrogens (tertiary/aromatic N) is 3. The van der Waals surface area contributed by atoms with Crippen molar-refractivity contribution in [1.82, 2.24) is 15.5 Å². The largest absolute Gasteiger partial charge is 0.412 e. The van der Waals surface area contributed by atoms with Gasteiger partial charge in [-0.15, -0.1) is 5.10 Å². The molecule has 0 radical (unpaired) electrons. The minimum Gasteiger partial charge on any atom is -0.351 e. The molecule has 116 valence electrons. The molecular weight excluding hydrogens is 281 g/mol. The van der Waals surface area contributed by atoms with Crippen molar-refractivity contribution in [3.8, 4) is 0 Å². The second-order valence-electron chi connectivity index (χ2n) is 5.34. The molecular formula is C14H19F3N4. The van der Waals surface area contributed by atoms with E-state index in [0.717, 1.165) is 5.69 Å². The molecule has 0 atom stereocenters. The zero-order chi connectivity index (χ0) is 15.5. The molecule has 0 saturated heterocycles. The van der Waals surface area contributed by atoms with Crippen LogP contribution in [0.2, 0.25) is 0 Å². The van der Waals surface area contributed by atoms with Crippen molar-refractivity contribution in [2.75, 3.05) is 18.0 Å². The summed E-state index contributed by atoms with van der Waals surface area (Å²) in [5.41, 5.74) is 0.362. The van der Waals surface area contributed by atoms with Crippen LogP contribution in [0.4, 0.5) is 19.0 Å². The Balaban J connectivity index is 1.96. The van der Waals surface area contributed by atoms with Crippen molar-refractivity contribution in [2.24, 2.45) is 0 Å². The van der Waals surface area contributed by atoms with Crippen molar-refractivity contribution < 1.29 is 13.2 Å². The molecule has 4 nitrogen and oxygen atoms in total. The van der Waals surface area contributed by atoms with E-state index in [4.69, 9.17) is 0 Å². The minimum absolute atomic E-state index is 0.0121. The lowest BCUT2D eigenvalue weighted by Gasteiger charge is -2.27. The maximum atomic E-state index is 12.6. The number of hydrogen-bond donors (Lipinski definition) is 1. The van der Waals surface area contributed by atoms with Crippen LogP contribution in [0.5, 0.6) is 0 Å². The van der Waals surface area contributed by atoms with Gasteiger partial charge in [-0.2, -0.15) is 18.3 Å². The molecule has 0 amide bonds. The average Bonchev–Trinajstić information content (AvgIpc) is 2.45. The fourth-order valence-corrected chi connectivity index (χ4v) is 2.06. The summed E-state index contributed by atoms with van der Waals surface area (Å²) >= 11 is 0. The highest BCUT2D eigenvalue weighted by molar-refractivity contribution is 5.40. The monoisotopic (exact) mass is 300 g/mol. The molecule has 1 aromatic heterocycles. The van der Waals surface area contributed by atoms with Gasteiger partial charge in [0.15, 0.2) is 5.82 Å². The average molecular weight is 300 g/mol. The van der Waals surface area contributed by atoms with Crippen molar-refractivity contribution in [2.45, 2.75) is 39.0 Å². The van der Waals surface area contributed by atoms with E-state index < -0.39 is 11.7 Å². The van der Waals surface area contributed by atoms with Crippen LogP contribution in [0.1, 0.15) is 26.0 Å². The van der Waals surface area contributed by atoms with Gasteiger partial charge in [0.05, 0.1) is 5.69 Å². The molecule has 2 heterocycles. The van der Waals surface area contributed by atoms with Crippen molar-refractivity contribution in [3.63, 3.8) is 0 Å². The van der Waals surface area contributed by atoms with Crippen LogP contribution < -0.4 is 10.2 Å². The van der Waals surface area contributed by atoms with E-state index in [2.05, 4.69) is 15.5 Å². The second kappa shape index (κ2) is 6.43. The zero-order valence-electron chi connectivity index (χ0n) is 12.1. The van der Waals surface area contributed by atoms with E-state index in [-0.39, 0.29) is 13.0 Å². The molecule has 0 saturated carbocycles. The van der Waals surface area contributed by atoms with Crippen LogP contribution in [0.3, 0.4) is 0 Å². The quantitative estimate of drug-likeness (QED) is 0.868. The smallest absolute Gasteiger partial charge is 0.351 e. The molecule has 7 heteroatoms. The lowest BCUT2D eigenvalue weighted by molar-refractivity contribution is -0.0944. The molecule has 0 aliphatic carbocycles. The van der Waals surface area contributed by atoms with Crippen LogP contribution >= 0.6 is 0 Å². The maximum Gasteiger partial charge on any atom is 0.412 e. The third-order valence-corrected chi connectivity index (χ3v) is 3.29. The van der Waals surface area contributed by atoms with Crippen LogP contribution in [0.15, 0.2) is 23.8 Å². The van der Waals surface area contributed by atoms with Gasteiger partial charge in [0.25, 0.3) is 0 Å². The third kappa shape index (κ3) is 4.42. The van der Waals surface area contributed by atoms with Gasteiger partial charge in [-0.05, 0) is 18.6 Å². The fourth-order valence-electron chi connectivity index (χ4n) is 2.06. The Morgan fingerprint density at radius 1 is 1.29 bits per heavy atom. The van der Waals surface area contributed by atoms with Gasteiger partial charge < -0.3 is 10.2 Å². The predicted octanol–water partition coefficient (Wildman–Crippen LogP) is 2.67. The van der Waals surface area contributed by atoms with Gasteiger partial charge in [-0.1, -0.05) is 19.9 Å². The molecule has 21 heavy (non-hydrogen) atoms.